The molecule has 0 saturated carbocycles. The molecule has 0 radical (unpaired) electrons. The number of alkyl halides is 3. The summed E-state index contributed by atoms with van der Waals surface area (Å²) < 4.78 is 49.8. The van der Waals surface area contributed by atoms with Crippen LogP contribution in [-0.2, 0) is 21.8 Å². The van der Waals surface area contributed by atoms with Crippen molar-refractivity contribution in [3.8, 4) is 0 Å². The minimum Gasteiger partial charge on any atom is -0.480 e. The van der Waals surface area contributed by atoms with Crippen molar-refractivity contribution in [1.82, 2.24) is 5.32 Å². The van der Waals surface area contributed by atoms with Crippen LogP contribution in [0, 0.1) is 0 Å². The van der Waals surface area contributed by atoms with E-state index in [1.54, 1.807) is 30.3 Å². The molecule has 0 fully saturated rings. The fraction of sp³-hybridized carbons (Fsp3) is 0.222. The zero-order valence-corrected chi connectivity index (χ0v) is 14.7. The molecule has 5 nitrogen and oxygen atoms in total. The Labute approximate surface area is 155 Å². The maximum atomic E-state index is 12.5. The van der Waals surface area contributed by atoms with Crippen LogP contribution in [0.3, 0.4) is 0 Å². The van der Waals surface area contributed by atoms with Crippen LogP contribution < -0.4 is 5.32 Å². The summed E-state index contributed by atoms with van der Waals surface area (Å²) in [6.45, 7) is 0. The summed E-state index contributed by atoms with van der Waals surface area (Å²) in [6.07, 6.45) is -4.62. The molecule has 0 spiro atoms. The lowest BCUT2D eigenvalue weighted by atomic mass is 10.1. The SMILES string of the molecule is O=C(N[C@H](CC[S@](=O)c1ccccc1)C(=O)O)c1ccc(C(F)(F)F)cc1. The molecule has 0 bridgehead atoms. The summed E-state index contributed by atoms with van der Waals surface area (Å²) in [7, 11) is -1.43. The third-order valence-corrected chi connectivity index (χ3v) is 5.08. The topological polar surface area (TPSA) is 83.5 Å². The van der Waals surface area contributed by atoms with E-state index in [9.17, 15) is 32.1 Å². The average molecular weight is 399 g/mol. The Hall–Kier alpha value is -2.68. The lowest BCUT2D eigenvalue weighted by molar-refractivity contribution is -0.139. The molecule has 2 aromatic rings. The third-order valence-electron chi connectivity index (χ3n) is 3.68. The summed E-state index contributed by atoms with van der Waals surface area (Å²) in [5.41, 5.74) is -1.01. The van der Waals surface area contributed by atoms with Crippen molar-refractivity contribution in [2.24, 2.45) is 0 Å². The molecule has 144 valence electrons. The van der Waals surface area contributed by atoms with E-state index in [1.807, 2.05) is 0 Å². The summed E-state index contributed by atoms with van der Waals surface area (Å²) in [6, 6.07) is 10.6. The molecular formula is C18H16F3NO4S. The first-order valence-corrected chi connectivity index (χ1v) is 9.14. The van der Waals surface area contributed by atoms with Crippen molar-refractivity contribution in [3.05, 3.63) is 65.7 Å². The number of hydrogen-bond donors (Lipinski definition) is 2. The van der Waals surface area contributed by atoms with E-state index in [0.717, 1.165) is 24.3 Å². The first-order valence-electron chi connectivity index (χ1n) is 7.83. The molecule has 0 aliphatic rings. The van der Waals surface area contributed by atoms with Gasteiger partial charge in [-0.15, -0.1) is 0 Å². The Kier molecular flexibility index (Phi) is 6.73. The maximum absolute atomic E-state index is 12.5. The Morgan fingerprint density at radius 2 is 1.63 bits per heavy atom. The summed E-state index contributed by atoms with van der Waals surface area (Å²) in [4.78, 5) is 24.0. The van der Waals surface area contributed by atoms with Gasteiger partial charge in [0.25, 0.3) is 5.91 Å². The van der Waals surface area contributed by atoms with Crippen LogP contribution in [0.5, 0.6) is 0 Å². The molecule has 27 heavy (non-hydrogen) atoms. The summed E-state index contributed by atoms with van der Waals surface area (Å²) in [5.74, 6) is -2.13. The number of aliphatic carboxylic acids is 1. The molecule has 2 N–H and O–H groups in total. The summed E-state index contributed by atoms with van der Waals surface area (Å²) in [5, 5.41) is 11.5. The highest BCUT2D eigenvalue weighted by molar-refractivity contribution is 7.85. The van der Waals surface area contributed by atoms with Crippen molar-refractivity contribution in [1.29, 1.82) is 0 Å². The molecule has 0 aliphatic carbocycles. The highest BCUT2D eigenvalue weighted by Crippen LogP contribution is 2.29. The van der Waals surface area contributed by atoms with Crippen molar-refractivity contribution < 1.29 is 32.1 Å². The van der Waals surface area contributed by atoms with Crippen molar-refractivity contribution in [2.75, 3.05) is 5.75 Å². The molecule has 1 amide bonds. The number of rotatable bonds is 7. The van der Waals surface area contributed by atoms with Gasteiger partial charge < -0.3 is 10.4 Å². The van der Waals surface area contributed by atoms with Gasteiger partial charge in [0.15, 0.2) is 0 Å². The number of nitrogens with one attached hydrogen (secondary N) is 1. The lowest BCUT2D eigenvalue weighted by Gasteiger charge is -2.15. The van der Waals surface area contributed by atoms with Gasteiger partial charge in [-0.3, -0.25) is 9.00 Å². The fourth-order valence-corrected chi connectivity index (χ4v) is 3.37. The van der Waals surface area contributed by atoms with Crippen LogP contribution in [0.1, 0.15) is 22.3 Å². The van der Waals surface area contributed by atoms with E-state index in [2.05, 4.69) is 5.32 Å². The molecule has 9 heteroatoms. The van der Waals surface area contributed by atoms with E-state index in [0.29, 0.717) is 4.90 Å². The van der Waals surface area contributed by atoms with Crippen LogP contribution in [0.2, 0.25) is 0 Å². The molecule has 0 aromatic heterocycles. The van der Waals surface area contributed by atoms with Gasteiger partial charge in [0.1, 0.15) is 6.04 Å². The Morgan fingerprint density at radius 3 is 2.15 bits per heavy atom. The number of carboxylic acids is 1. The van der Waals surface area contributed by atoms with Crippen LogP contribution in [0.25, 0.3) is 0 Å². The molecule has 2 atom stereocenters. The first kappa shape index (κ1) is 20.6. The number of amides is 1. The fourth-order valence-electron chi connectivity index (χ4n) is 2.22. The predicted octanol–water partition coefficient (Wildman–Crippen LogP) is 3.09. The van der Waals surface area contributed by atoms with Crippen LogP contribution >= 0.6 is 0 Å². The van der Waals surface area contributed by atoms with Gasteiger partial charge in [-0.1, -0.05) is 18.2 Å². The van der Waals surface area contributed by atoms with Gasteiger partial charge in [-0.25, -0.2) is 4.79 Å². The molecular weight excluding hydrogens is 383 g/mol. The van der Waals surface area contributed by atoms with Crippen molar-refractivity contribution in [3.63, 3.8) is 0 Å². The molecule has 0 unspecified atom stereocenters. The third kappa shape index (κ3) is 5.92. The standard InChI is InChI=1S/C18H16F3NO4S/c19-18(20,21)13-8-6-12(7-9-13)16(23)22-15(17(24)25)10-11-27(26)14-4-2-1-3-5-14/h1-9,15H,10-11H2,(H,22,23)(H,24,25)/t15-,27+/m1/s1. The van der Waals surface area contributed by atoms with Gasteiger partial charge >= 0.3 is 12.1 Å². The van der Waals surface area contributed by atoms with Gasteiger partial charge in [-0.05, 0) is 42.8 Å². The monoisotopic (exact) mass is 399 g/mol. The van der Waals surface area contributed by atoms with Gasteiger partial charge in [-0.2, -0.15) is 13.2 Å². The van der Waals surface area contributed by atoms with Crippen molar-refractivity contribution in [2.45, 2.75) is 23.5 Å². The van der Waals surface area contributed by atoms with Gasteiger partial charge in [0.05, 0.1) is 16.4 Å². The number of carbonyl (C=O) groups is 2. The number of hydrogen-bond acceptors (Lipinski definition) is 3. The number of carbonyl (C=O) groups excluding carboxylic acids is 1. The smallest absolute Gasteiger partial charge is 0.416 e. The molecule has 0 aliphatic heterocycles. The summed E-state index contributed by atoms with van der Waals surface area (Å²) >= 11 is 0. The van der Waals surface area contributed by atoms with Crippen LogP contribution in [-0.4, -0.2) is 33.0 Å². The van der Waals surface area contributed by atoms with E-state index in [1.165, 1.54) is 0 Å². The Bertz CT molecular complexity index is 823. The van der Waals surface area contributed by atoms with E-state index in [-0.39, 0.29) is 17.7 Å². The van der Waals surface area contributed by atoms with Crippen LogP contribution in [0.4, 0.5) is 13.2 Å². The lowest BCUT2D eigenvalue weighted by Crippen LogP contribution is -2.41. The van der Waals surface area contributed by atoms with Gasteiger partial charge in [0, 0.05) is 16.2 Å². The van der Waals surface area contributed by atoms with E-state index in [4.69, 9.17) is 0 Å². The second-order valence-corrected chi connectivity index (χ2v) is 7.16. The molecule has 0 saturated heterocycles. The minimum absolute atomic E-state index is 0.00821. The second-order valence-electron chi connectivity index (χ2n) is 5.59. The van der Waals surface area contributed by atoms with Crippen LogP contribution in [0.15, 0.2) is 59.5 Å². The molecule has 2 rings (SSSR count). The highest BCUT2D eigenvalue weighted by atomic mass is 32.2. The first-order chi connectivity index (χ1) is 12.7. The largest absolute Gasteiger partial charge is 0.480 e. The maximum Gasteiger partial charge on any atom is 0.416 e. The average Bonchev–Trinajstić information content (AvgIpc) is 2.64. The quantitative estimate of drug-likeness (QED) is 0.750. The number of carboxylic acid groups (broad SMARTS) is 1. The number of halogens is 3. The zero-order chi connectivity index (χ0) is 20.0. The van der Waals surface area contributed by atoms with Crippen molar-refractivity contribution >= 4 is 22.7 Å². The predicted molar refractivity (Wildman–Crippen MR) is 92.7 cm³/mol. The molecule has 2 aromatic carbocycles. The van der Waals surface area contributed by atoms with Gasteiger partial charge in [0.2, 0.25) is 0 Å². The molecule has 0 heterocycles. The minimum atomic E-state index is -4.53. The Morgan fingerprint density at radius 1 is 1.04 bits per heavy atom. The van der Waals surface area contributed by atoms with E-state index < -0.39 is 40.5 Å². The Balaban J connectivity index is 2.00. The second kappa shape index (κ2) is 8.81. The highest BCUT2D eigenvalue weighted by Gasteiger charge is 2.30. The number of benzene rings is 2. The zero-order valence-electron chi connectivity index (χ0n) is 13.9. The normalized spacial score (nSPS) is 13.6. The van der Waals surface area contributed by atoms with E-state index >= 15 is 0 Å².